The van der Waals surface area contributed by atoms with Gasteiger partial charge in [-0.15, -0.1) is 0 Å². The van der Waals surface area contributed by atoms with E-state index in [1.165, 1.54) is 0 Å². The van der Waals surface area contributed by atoms with E-state index in [1.54, 1.807) is 25.3 Å². The summed E-state index contributed by atoms with van der Waals surface area (Å²) in [5.41, 5.74) is 6.48. The van der Waals surface area contributed by atoms with Gasteiger partial charge in [-0.25, -0.2) is 0 Å². The normalized spacial score (nSPS) is 10.1. The van der Waals surface area contributed by atoms with Gasteiger partial charge in [0.15, 0.2) is 11.5 Å². The fourth-order valence-corrected chi connectivity index (χ4v) is 1.75. The van der Waals surface area contributed by atoms with Gasteiger partial charge in [0.2, 0.25) is 0 Å². The summed E-state index contributed by atoms with van der Waals surface area (Å²) in [5, 5.41) is 0. The highest BCUT2D eigenvalue weighted by atomic mass is 16.5. The van der Waals surface area contributed by atoms with Gasteiger partial charge in [0.05, 0.1) is 19.4 Å². The average molecular weight is 273 g/mol. The molecule has 0 aliphatic heterocycles. The zero-order valence-electron chi connectivity index (χ0n) is 11.8. The van der Waals surface area contributed by atoms with Gasteiger partial charge < -0.3 is 19.9 Å². The van der Waals surface area contributed by atoms with Crippen molar-refractivity contribution in [3.63, 3.8) is 0 Å². The number of nitrogens with two attached hydrogens (primary N) is 1. The molecule has 0 unspecified atom stereocenters. The van der Waals surface area contributed by atoms with Crippen LogP contribution >= 0.6 is 0 Å². The van der Waals surface area contributed by atoms with E-state index in [0.717, 1.165) is 6.42 Å². The van der Waals surface area contributed by atoms with Gasteiger partial charge >= 0.3 is 0 Å². The molecule has 4 heteroatoms. The largest absolute Gasteiger partial charge is 0.493 e. The summed E-state index contributed by atoms with van der Waals surface area (Å²) in [6, 6.07) is 12.9. The number of para-hydroxylation sites is 2. The predicted octanol–water partition coefficient (Wildman–Crippen LogP) is 3.86. The number of anilines is 1. The van der Waals surface area contributed by atoms with Crippen molar-refractivity contribution in [1.29, 1.82) is 0 Å². The van der Waals surface area contributed by atoms with Crippen LogP contribution in [0.25, 0.3) is 0 Å². The Bertz CT molecular complexity index is 569. The minimum absolute atomic E-state index is 0.603. The molecule has 2 rings (SSSR count). The molecule has 0 fully saturated rings. The summed E-state index contributed by atoms with van der Waals surface area (Å²) in [7, 11) is 1.61. The minimum Gasteiger partial charge on any atom is -0.493 e. The van der Waals surface area contributed by atoms with Crippen molar-refractivity contribution in [3.05, 3.63) is 42.5 Å². The van der Waals surface area contributed by atoms with Crippen LogP contribution in [-0.2, 0) is 0 Å². The Morgan fingerprint density at radius 3 is 2.45 bits per heavy atom. The van der Waals surface area contributed by atoms with Gasteiger partial charge in [-0.05, 0) is 30.7 Å². The van der Waals surface area contributed by atoms with Crippen LogP contribution in [0.5, 0.6) is 23.0 Å². The molecule has 0 aromatic heterocycles. The van der Waals surface area contributed by atoms with Crippen molar-refractivity contribution < 1.29 is 14.2 Å². The number of hydrogen-bond acceptors (Lipinski definition) is 4. The number of nitrogen functional groups attached to an aromatic ring is 1. The van der Waals surface area contributed by atoms with Crippen LogP contribution < -0.4 is 19.9 Å². The summed E-state index contributed by atoms with van der Waals surface area (Å²) in [6.07, 6.45) is 0.928. The van der Waals surface area contributed by atoms with Gasteiger partial charge in [0, 0.05) is 6.07 Å². The second-order valence-electron chi connectivity index (χ2n) is 4.30. The Morgan fingerprint density at radius 1 is 1.00 bits per heavy atom. The second-order valence-corrected chi connectivity index (χ2v) is 4.30. The van der Waals surface area contributed by atoms with Crippen LogP contribution in [0.3, 0.4) is 0 Å². The first-order valence-electron chi connectivity index (χ1n) is 6.57. The van der Waals surface area contributed by atoms with Crippen LogP contribution in [0.1, 0.15) is 13.3 Å². The van der Waals surface area contributed by atoms with E-state index in [0.29, 0.717) is 35.3 Å². The molecule has 2 N–H and O–H groups in total. The quantitative estimate of drug-likeness (QED) is 0.812. The molecule has 0 radical (unpaired) electrons. The summed E-state index contributed by atoms with van der Waals surface area (Å²) < 4.78 is 16.7. The van der Waals surface area contributed by atoms with Crippen LogP contribution in [0.2, 0.25) is 0 Å². The van der Waals surface area contributed by atoms with Crippen molar-refractivity contribution in [2.75, 3.05) is 19.5 Å². The molecule has 4 nitrogen and oxygen atoms in total. The Hall–Kier alpha value is -2.36. The third kappa shape index (κ3) is 3.35. The molecule has 0 spiro atoms. The molecule has 20 heavy (non-hydrogen) atoms. The van der Waals surface area contributed by atoms with Crippen LogP contribution in [0.15, 0.2) is 42.5 Å². The standard InChI is InChI=1S/C16H19NO3/c1-3-10-19-16-11-12(8-9-13(16)17)20-15-7-5-4-6-14(15)18-2/h4-9,11H,3,10,17H2,1-2H3. The lowest BCUT2D eigenvalue weighted by atomic mass is 10.2. The number of hydrogen-bond donors (Lipinski definition) is 1. The molecule has 2 aromatic rings. The first kappa shape index (κ1) is 14.1. The maximum atomic E-state index is 5.87. The Labute approximate surface area is 119 Å². The zero-order valence-corrected chi connectivity index (χ0v) is 11.8. The van der Waals surface area contributed by atoms with Crippen LogP contribution in [-0.4, -0.2) is 13.7 Å². The average Bonchev–Trinajstić information content (AvgIpc) is 2.48. The molecule has 106 valence electrons. The van der Waals surface area contributed by atoms with E-state index in [2.05, 4.69) is 0 Å². The second kappa shape index (κ2) is 6.70. The summed E-state index contributed by atoms with van der Waals surface area (Å²) in [6.45, 7) is 2.67. The van der Waals surface area contributed by atoms with Gasteiger partial charge in [-0.2, -0.15) is 0 Å². The van der Waals surface area contributed by atoms with Crippen LogP contribution in [0, 0.1) is 0 Å². The van der Waals surface area contributed by atoms with Gasteiger partial charge in [0.1, 0.15) is 11.5 Å². The number of benzene rings is 2. The van der Waals surface area contributed by atoms with Crippen molar-refractivity contribution in [2.24, 2.45) is 0 Å². The van der Waals surface area contributed by atoms with E-state index in [-0.39, 0.29) is 0 Å². The van der Waals surface area contributed by atoms with E-state index >= 15 is 0 Å². The lowest BCUT2D eigenvalue weighted by Crippen LogP contribution is -1.99. The molecule has 0 saturated carbocycles. The molecule has 0 aliphatic rings. The third-order valence-corrected chi connectivity index (χ3v) is 2.74. The highest BCUT2D eigenvalue weighted by Crippen LogP contribution is 2.34. The molecule has 0 atom stereocenters. The monoisotopic (exact) mass is 273 g/mol. The van der Waals surface area contributed by atoms with Crippen molar-refractivity contribution in [1.82, 2.24) is 0 Å². The fourth-order valence-electron chi connectivity index (χ4n) is 1.75. The topological polar surface area (TPSA) is 53.7 Å². The van der Waals surface area contributed by atoms with Crippen molar-refractivity contribution in [3.8, 4) is 23.0 Å². The molecular formula is C16H19NO3. The van der Waals surface area contributed by atoms with Gasteiger partial charge in [-0.1, -0.05) is 19.1 Å². The first-order chi connectivity index (χ1) is 9.74. The smallest absolute Gasteiger partial charge is 0.169 e. The summed E-state index contributed by atoms with van der Waals surface area (Å²) in [4.78, 5) is 0. The lowest BCUT2D eigenvalue weighted by molar-refractivity contribution is 0.317. The molecule has 0 bridgehead atoms. The SMILES string of the molecule is CCCOc1cc(Oc2ccccc2OC)ccc1N. The molecule has 0 aliphatic carbocycles. The third-order valence-electron chi connectivity index (χ3n) is 2.74. The van der Waals surface area contributed by atoms with E-state index in [4.69, 9.17) is 19.9 Å². The Balaban J connectivity index is 2.20. The predicted molar refractivity (Wildman–Crippen MR) is 79.7 cm³/mol. The number of ether oxygens (including phenoxy) is 3. The van der Waals surface area contributed by atoms with E-state index in [9.17, 15) is 0 Å². The van der Waals surface area contributed by atoms with Crippen molar-refractivity contribution in [2.45, 2.75) is 13.3 Å². The first-order valence-corrected chi connectivity index (χ1v) is 6.57. The summed E-state index contributed by atoms with van der Waals surface area (Å²) >= 11 is 0. The fraction of sp³-hybridized carbons (Fsp3) is 0.250. The maximum absolute atomic E-state index is 5.87. The molecule has 0 heterocycles. The Kier molecular flexibility index (Phi) is 4.71. The number of methoxy groups -OCH3 is 1. The zero-order chi connectivity index (χ0) is 14.4. The minimum atomic E-state index is 0.603. The maximum Gasteiger partial charge on any atom is 0.169 e. The molecular weight excluding hydrogens is 254 g/mol. The summed E-state index contributed by atoms with van der Waals surface area (Å²) in [5.74, 6) is 2.63. The van der Waals surface area contributed by atoms with E-state index in [1.807, 2.05) is 31.2 Å². The van der Waals surface area contributed by atoms with E-state index < -0.39 is 0 Å². The van der Waals surface area contributed by atoms with Crippen molar-refractivity contribution >= 4 is 5.69 Å². The molecule has 2 aromatic carbocycles. The van der Waals surface area contributed by atoms with Gasteiger partial charge in [0.25, 0.3) is 0 Å². The molecule has 0 amide bonds. The highest BCUT2D eigenvalue weighted by molar-refractivity contribution is 5.56. The molecule has 0 saturated heterocycles. The highest BCUT2D eigenvalue weighted by Gasteiger charge is 2.07. The Morgan fingerprint density at radius 2 is 1.75 bits per heavy atom. The van der Waals surface area contributed by atoms with Crippen LogP contribution in [0.4, 0.5) is 5.69 Å². The van der Waals surface area contributed by atoms with Gasteiger partial charge in [-0.3, -0.25) is 0 Å². The lowest BCUT2D eigenvalue weighted by Gasteiger charge is -2.12. The number of rotatable bonds is 6.